The highest BCUT2D eigenvalue weighted by Crippen LogP contribution is 2.54. The van der Waals surface area contributed by atoms with Gasteiger partial charge in [-0.2, -0.15) is 0 Å². The fraction of sp³-hybridized carbons (Fsp3) is 1.00. The van der Waals surface area contributed by atoms with Gasteiger partial charge in [0.2, 0.25) is 5.79 Å². The Morgan fingerprint density at radius 1 is 1.17 bits per heavy atom. The molecule has 12 heavy (non-hydrogen) atoms. The van der Waals surface area contributed by atoms with E-state index in [9.17, 15) is 8.42 Å². The largest absolute Gasteiger partial charge is 0.343 e. The zero-order valence-corrected chi connectivity index (χ0v) is 8.25. The van der Waals surface area contributed by atoms with Crippen molar-refractivity contribution in [3.8, 4) is 0 Å². The van der Waals surface area contributed by atoms with Crippen molar-refractivity contribution in [2.75, 3.05) is 19.0 Å². The lowest BCUT2D eigenvalue weighted by molar-refractivity contribution is -0.147. The zero-order chi connectivity index (χ0) is 9.04. The summed E-state index contributed by atoms with van der Waals surface area (Å²) >= 11 is 11.2. The smallest absolute Gasteiger partial charge is 0.272 e. The summed E-state index contributed by atoms with van der Waals surface area (Å²) in [6.07, 6.45) is 0. The van der Waals surface area contributed by atoms with Crippen molar-refractivity contribution < 1.29 is 17.9 Å². The fourth-order valence-corrected chi connectivity index (χ4v) is 3.61. The number of alkyl halides is 2. The van der Waals surface area contributed by atoms with Crippen molar-refractivity contribution in [1.29, 1.82) is 0 Å². The van der Waals surface area contributed by atoms with Gasteiger partial charge in [-0.15, -0.1) is 0 Å². The second-order valence-corrected chi connectivity index (χ2v) is 6.63. The van der Waals surface area contributed by atoms with Crippen LogP contribution < -0.4 is 0 Å². The first-order valence-electron chi connectivity index (χ1n) is 3.29. The molecule has 7 heteroatoms. The number of halogens is 2. The summed E-state index contributed by atoms with van der Waals surface area (Å²) in [4.78, 5) is 0. The summed E-state index contributed by atoms with van der Waals surface area (Å²) in [5.41, 5.74) is 0. The predicted octanol–water partition coefficient (Wildman–Crippen LogP) is 0.289. The highest BCUT2D eigenvalue weighted by atomic mass is 35.5. The highest BCUT2D eigenvalue weighted by molar-refractivity contribution is 7.97. The summed E-state index contributed by atoms with van der Waals surface area (Å²) in [6, 6.07) is 0. The van der Waals surface area contributed by atoms with Gasteiger partial charge in [-0.1, -0.05) is 23.2 Å². The van der Waals surface area contributed by atoms with Crippen molar-refractivity contribution in [3.63, 3.8) is 0 Å². The summed E-state index contributed by atoms with van der Waals surface area (Å²) in [5, 5.41) is 0. The summed E-state index contributed by atoms with van der Waals surface area (Å²) in [6.45, 7) is 0.660. The molecule has 0 aromatic heterocycles. The molecule has 0 radical (unpaired) electrons. The number of hydrogen-bond acceptors (Lipinski definition) is 4. The van der Waals surface area contributed by atoms with Crippen molar-refractivity contribution >= 4 is 33.0 Å². The first-order chi connectivity index (χ1) is 5.41. The molecule has 0 aromatic rings. The molecule has 0 aliphatic carbocycles. The van der Waals surface area contributed by atoms with Gasteiger partial charge in [-0.3, -0.25) is 0 Å². The minimum absolute atomic E-state index is 0.257. The molecule has 2 rings (SSSR count). The maximum atomic E-state index is 11.1. The Morgan fingerprint density at radius 3 is 2.00 bits per heavy atom. The van der Waals surface area contributed by atoms with Gasteiger partial charge >= 0.3 is 0 Å². The minimum atomic E-state index is -3.47. The first kappa shape index (κ1) is 9.02. The molecule has 2 fully saturated rings. The normalized spacial score (nSPS) is 34.8. The van der Waals surface area contributed by atoms with Gasteiger partial charge in [0.25, 0.3) is 3.67 Å². The third-order valence-electron chi connectivity index (χ3n) is 1.97. The molecule has 0 bridgehead atoms. The van der Waals surface area contributed by atoms with Gasteiger partial charge in [0.05, 0.1) is 13.2 Å². The third-order valence-corrected chi connectivity index (χ3v) is 5.81. The van der Waals surface area contributed by atoms with Crippen LogP contribution in [0.3, 0.4) is 0 Å². The van der Waals surface area contributed by atoms with Crippen molar-refractivity contribution in [3.05, 3.63) is 0 Å². The van der Waals surface area contributed by atoms with Crippen molar-refractivity contribution in [2.45, 2.75) is 9.45 Å². The van der Waals surface area contributed by atoms with E-state index in [1.54, 1.807) is 0 Å². The average molecular weight is 233 g/mol. The zero-order valence-electron chi connectivity index (χ0n) is 5.92. The topological polar surface area (TPSA) is 52.6 Å². The van der Waals surface area contributed by atoms with E-state index in [4.69, 9.17) is 32.7 Å². The molecule has 0 amide bonds. The van der Waals surface area contributed by atoms with Crippen LogP contribution in [0.15, 0.2) is 0 Å². The number of hydrogen-bond donors (Lipinski definition) is 0. The lowest BCUT2D eigenvalue weighted by Gasteiger charge is -2.45. The number of rotatable bonds is 0. The molecule has 0 aromatic carbocycles. The maximum Gasteiger partial charge on any atom is 0.272 e. The summed E-state index contributed by atoms with van der Waals surface area (Å²) < 4.78 is 30.3. The summed E-state index contributed by atoms with van der Waals surface area (Å²) in [5.74, 6) is -1.57. The molecular weight excluding hydrogens is 227 g/mol. The predicted molar refractivity (Wildman–Crippen MR) is 42.9 cm³/mol. The monoisotopic (exact) mass is 232 g/mol. The molecule has 1 spiro atoms. The van der Waals surface area contributed by atoms with Crippen LogP contribution in [0.1, 0.15) is 0 Å². The average Bonchev–Trinajstić information content (AvgIpc) is 2.37. The lowest BCUT2D eigenvalue weighted by atomic mass is 10.3. The maximum absolute atomic E-state index is 11.1. The van der Waals surface area contributed by atoms with Crippen molar-refractivity contribution in [2.24, 2.45) is 0 Å². The Hall–Kier alpha value is 0.450. The quantitative estimate of drug-likeness (QED) is 0.564. The van der Waals surface area contributed by atoms with E-state index in [1.807, 2.05) is 0 Å². The van der Waals surface area contributed by atoms with E-state index in [1.165, 1.54) is 0 Å². The van der Waals surface area contributed by atoms with Crippen LogP contribution in [0.25, 0.3) is 0 Å². The molecular formula is C5H6Cl2O4S. The van der Waals surface area contributed by atoms with E-state index < -0.39 is 19.3 Å². The van der Waals surface area contributed by atoms with Gasteiger partial charge in [0.1, 0.15) is 5.75 Å². The van der Waals surface area contributed by atoms with Crippen LogP contribution in [0, 0.1) is 0 Å². The number of ether oxygens (including phenoxy) is 2. The van der Waals surface area contributed by atoms with Crippen LogP contribution in [-0.4, -0.2) is 36.8 Å². The Balaban J connectivity index is 2.36. The molecule has 0 unspecified atom stereocenters. The van der Waals surface area contributed by atoms with Gasteiger partial charge in [0, 0.05) is 0 Å². The highest BCUT2D eigenvalue weighted by Gasteiger charge is 2.74. The fourth-order valence-electron chi connectivity index (χ4n) is 1.29. The first-order valence-corrected chi connectivity index (χ1v) is 5.70. The van der Waals surface area contributed by atoms with Gasteiger partial charge in [-0.25, -0.2) is 8.42 Å². The molecule has 0 saturated carbocycles. The molecule has 2 aliphatic rings. The SMILES string of the molecule is O=S1(=O)CC2(OCCO2)C1(Cl)Cl. The molecule has 2 heterocycles. The standard InChI is InChI=1S/C5H6Cl2O4S/c6-5(7)4(3-12(5,8)9)10-1-2-11-4/h1-3H2. The van der Waals surface area contributed by atoms with Crippen LogP contribution in [-0.2, 0) is 19.3 Å². The van der Waals surface area contributed by atoms with Gasteiger partial charge < -0.3 is 9.47 Å². The summed E-state index contributed by atoms with van der Waals surface area (Å²) in [7, 11) is -3.47. The second-order valence-electron chi connectivity index (χ2n) is 2.73. The molecule has 2 aliphatic heterocycles. The Labute approximate surface area is 79.6 Å². The molecule has 4 nitrogen and oxygen atoms in total. The van der Waals surface area contributed by atoms with Gasteiger partial charge in [-0.05, 0) is 0 Å². The molecule has 0 atom stereocenters. The third kappa shape index (κ3) is 0.834. The Kier molecular flexibility index (Phi) is 1.71. The van der Waals surface area contributed by atoms with Crippen LogP contribution in [0.2, 0.25) is 0 Å². The van der Waals surface area contributed by atoms with E-state index in [0.29, 0.717) is 13.2 Å². The van der Waals surface area contributed by atoms with Crippen LogP contribution >= 0.6 is 23.2 Å². The number of sulfone groups is 1. The van der Waals surface area contributed by atoms with E-state index in [2.05, 4.69) is 0 Å². The Morgan fingerprint density at radius 2 is 1.67 bits per heavy atom. The van der Waals surface area contributed by atoms with Crippen LogP contribution in [0.4, 0.5) is 0 Å². The van der Waals surface area contributed by atoms with Gasteiger partial charge in [0.15, 0.2) is 9.84 Å². The van der Waals surface area contributed by atoms with E-state index in [-0.39, 0.29) is 5.75 Å². The second kappa shape index (κ2) is 2.27. The van der Waals surface area contributed by atoms with Crippen molar-refractivity contribution in [1.82, 2.24) is 0 Å². The lowest BCUT2D eigenvalue weighted by Crippen LogP contribution is -2.67. The molecule has 0 N–H and O–H groups in total. The Bertz CT molecular complexity index is 303. The molecule has 2 saturated heterocycles. The minimum Gasteiger partial charge on any atom is -0.343 e. The van der Waals surface area contributed by atoms with E-state index >= 15 is 0 Å². The molecule has 70 valence electrons. The van der Waals surface area contributed by atoms with Crippen LogP contribution in [0.5, 0.6) is 0 Å². The van der Waals surface area contributed by atoms with E-state index in [0.717, 1.165) is 0 Å².